The van der Waals surface area contributed by atoms with Crippen LogP contribution in [0, 0.1) is 0 Å². The van der Waals surface area contributed by atoms with Crippen molar-refractivity contribution in [3.05, 3.63) is 70.9 Å². The molecule has 4 rings (SSSR count). The Balaban J connectivity index is 1.51. The zero-order valence-electron chi connectivity index (χ0n) is 19.6. The zero-order valence-corrected chi connectivity index (χ0v) is 21.2. The lowest BCUT2D eigenvalue weighted by molar-refractivity contribution is -0.124. The van der Waals surface area contributed by atoms with E-state index in [1.165, 1.54) is 9.78 Å². The van der Waals surface area contributed by atoms with Crippen molar-refractivity contribution in [1.82, 2.24) is 4.90 Å². The van der Waals surface area contributed by atoms with Gasteiger partial charge in [-0.05, 0) is 85.5 Å². The lowest BCUT2D eigenvalue weighted by atomic mass is 10.1. The quantitative estimate of drug-likeness (QED) is 0.399. The summed E-state index contributed by atoms with van der Waals surface area (Å²) >= 11 is 7.39. The number of benzene rings is 2. The summed E-state index contributed by atoms with van der Waals surface area (Å²) < 4.78 is 10.7. The maximum Gasteiger partial charge on any atom is 0.256 e. The van der Waals surface area contributed by atoms with Gasteiger partial charge in [0.15, 0.2) is 5.11 Å². The number of hydrogen-bond acceptors (Lipinski definition) is 6. The van der Waals surface area contributed by atoms with E-state index in [0.29, 0.717) is 35.4 Å². The van der Waals surface area contributed by atoms with Crippen LogP contribution in [0.1, 0.15) is 18.2 Å². The van der Waals surface area contributed by atoms with E-state index in [2.05, 4.69) is 11.4 Å². The fourth-order valence-corrected chi connectivity index (χ4v) is 5.04. The van der Waals surface area contributed by atoms with E-state index in [1.807, 2.05) is 23.3 Å². The summed E-state index contributed by atoms with van der Waals surface area (Å²) in [6.07, 6.45) is 0.724. The molecule has 1 aliphatic heterocycles. The van der Waals surface area contributed by atoms with Crippen molar-refractivity contribution in [2.75, 3.05) is 30.5 Å². The third-order valence-electron chi connectivity index (χ3n) is 5.66. The number of carbonyl (C=O) groups excluding carboxylic acids is 2. The van der Waals surface area contributed by atoms with Gasteiger partial charge in [0.25, 0.3) is 5.91 Å². The predicted molar refractivity (Wildman–Crippen MR) is 142 cm³/mol. The number of nitrogens with zero attached hydrogens (tertiary/aromatic N) is 2. The van der Waals surface area contributed by atoms with Gasteiger partial charge in [0.05, 0.1) is 25.8 Å². The summed E-state index contributed by atoms with van der Waals surface area (Å²) in [5.74, 6) is 0.949. The molecular formula is C26H27N3O4S2. The van der Waals surface area contributed by atoms with Gasteiger partial charge in [0.1, 0.15) is 17.5 Å². The zero-order chi connectivity index (χ0) is 24.8. The summed E-state index contributed by atoms with van der Waals surface area (Å²) in [6.45, 7) is 3.03. The van der Waals surface area contributed by atoms with E-state index in [4.69, 9.17) is 21.7 Å². The van der Waals surface area contributed by atoms with Crippen LogP contribution >= 0.6 is 23.6 Å². The molecular weight excluding hydrogens is 482 g/mol. The average Bonchev–Trinajstić information content (AvgIpc) is 3.46. The molecule has 0 aliphatic carbocycles. The molecule has 1 fully saturated rings. The number of ether oxygens (including phenoxy) is 2. The smallest absolute Gasteiger partial charge is 0.256 e. The van der Waals surface area contributed by atoms with Crippen LogP contribution in [-0.4, -0.2) is 48.1 Å². The molecule has 1 aromatic heterocycles. The number of anilines is 2. The molecule has 2 amide bonds. The van der Waals surface area contributed by atoms with Gasteiger partial charge >= 0.3 is 0 Å². The molecule has 3 aromatic rings. The van der Waals surface area contributed by atoms with Crippen molar-refractivity contribution in [2.24, 2.45) is 0 Å². The SMILES string of the molecule is CCOc1ccc(NC(=O)C[C@@H]2C(=O)N(c3ccc(OC)cc3)C(=S)N2CCc2cccs2)cc1. The van der Waals surface area contributed by atoms with Crippen LogP contribution in [0.2, 0.25) is 0 Å². The van der Waals surface area contributed by atoms with Gasteiger partial charge in [0.2, 0.25) is 5.91 Å². The van der Waals surface area contributed by atoms with Crippen LogP contribution in [-0.2, 0) is 16.0 Å². The minimum absolute atomic E-state index is 0.0106. The third kappa shape index (κ3) is 5.80. The summed E-state index contributed by atoms with van der Waals surface area (Å²) in [5.41, 5.74) is 1.29. The number of methoxy groups -OCH3 is 1. The van der Waals surface area contributed by atoms with Crippen molar-refractivity contribution in [1.29, 1.82) is 0 Å². The molecule has 2 heterocycles. The normalized spacial score (nSPS) is 15.4. The molecule has 182 valence electrons. The van der Waals surface area contributed by atoms with Crippen LogP contribution < -0.4 is 19.7 Å². The molecule has 1 saturated heterocycles. The Morgan fingerprint density at radius 2 is 1.80 bits per heavy atom. The minimum atomic E-state index is -0.688. The van der Waals surface area contributed by atoms with Gasteiger partial charge in [0, 0.05) is 17.1 Å². The highest BCUT2D eigenvalue weighted by Crippen LogP contribution is 2.29. The highest BCUT2D eigenvalue weighted by atomic mass is 32.1. The van der Waals surface area contributed by atoms with E-state index >= 15 is 0 Å². The molecule has 0 saturated carbocycles. The van der Waals surface area contributed by atoms with E-state index in [1.54, 1.807) is 67.0 Å². The van der Waals surface area contributed by atoms with Crippen molar-refractivity contribution in [3.8, 4) is 11.5 Å². The first-order valence-electron chi connectivity index (χ1n) is 11.3. The summed E-state index contributed by atoms with van der Waals surface area (Å²) in [7, 11) is 1.59. The molecule has 1 atom stereocenters. The third-order valence-corrected chi connectivity index (χ3v) is 7.01. The number of nitrogens with one attached hydrogen (secondary N) is 1. The highest BCUT2D eigenvalue weighted by Gasteiger charge is 2.43. The highest BCUT2D eigenvalue weighted by molar-refractivity contribution is 7.80. The number of carbonyl (C=O) groups is 2. The van der Waals surface area contributed by atoms with Crippen molar-refractivity contribution in [2.45, 2.75) is 25.8 Å². The predicted octanol–water partition coefficient (Wildman–Crippen LogP) is 4.73. The fourth-order valence-electron chi connectivity index (χ4n) is 3.93. The monoisotopic (exact) mass is 509 g/mol. The van der Waals surface area contributed by atoms with Crippen LogP contribution in [0.15, 0.2) is 66.0 Å². The van der Waals surface area contributed by atoms with E-state index < -0.39 is 6.04 Å². The Labute approximate surface area is 214 Å². The van der Waals surface area contributed by atoms with E-state index in [0.717, 1.165) is 12.2 Å². The molecule has 1 N–H and O–H groups in total. The Hall–Kier alpha value is -3.43. The lowest BCUT2D eigenvalue weighted by Crippen LogP contribution is -2.39. The maximum absolute atomic E-state index is 13.5. The molecule has 9 heteroatoms. The van der Waals surface area contributed by atoms with Gasteiger partial charge < -0.3 is 19.7 Å². The second-order valence-corrected chi connectivity index (χ2v) is 9.30. The van der Waals surface area contributed by atoms with Gasteiger partial charge in [-0.1, -0.05) is 6.07 Å². The van der Waals surface area contributed by atoms with Crippen molar-refractivity contribution >= 4 is 51.9 Å². The Kier molecular flexibility index (Phi) is 7.99. The van der Waals surface area contributed by atoms with Crippen LogP contribution in [0.3, 0.4) is 0 Å². The minimum Gasteiger partial charge on any atom is -0.497 e. The van der Waals surface area contributed by atoms with E-state index in [9.17, 15) is 9.59 Å². The summed E-state index contributed by atoms with van der Waals surface area (Å²) in [4.78, 5) is 31.0. The molecule has 35 heavy (non-hydrogen) atoms. The molecule has 0 unspecified atom stereocenters. The van der Waals surface area contributed by atoms with Gasteiger partial charge in [-0.3, -0.25) is 14.5 Å². The average molecular weight is 510 g/mol. The van der Waals surface area contributed by atoms with Crippen LogP contribution in [0.25, 0.3) is 0 Å². The number of thiophene rings is 1. The maximum atomic E-state index is 13.5. The molecule has 7 nitrogen and oxygen atoms in total. The number of amides is 2. The fraction of sp³-hybridized carbons (Fsp3) is 0.269. The van der Waals surface area contributed by atoms with E-state index in [-0.39, 0.29) is 18.2 Å². The number of rotatable bonds is 10. The second-order valence-electron chi connectivity index (χ2n) is 7.90. The number of hydrogen-bond donors (Lipinski definition) is 1. The lowest BCUT2D eigenvalue weighted by Gasteiger charge is -2.23. The first kappa shape index (κ1) is 24.7. The first-order chi connectivity index (χ1) is 17.0. The van der Waals surface area contributed by atoms with Crippen molar-refractivity contribution < 1.29 is 19.1 Å². The summed E-state index contributed by atoms with van der Waals surface area (Å²) in [6, 6.07) is 17.7. The Morgan fingerprint density at radius 1 is 1.09 bits per heavy atom. The summed E-state index contributed by atoms with van der Waals surface area (Å²) in [5, 5.41) is 5.30. The molecule has 2 aromatic carbocycles. The molecule has 0 bridgehead atoms. The Bertz CT molecular complexity index is 1160. The Morgan fingerprint density at radius 3 is 2.43 bits per heavy atom. The van der Waals surface area contributed by atoms with Crippen LogP contribution in [0.5, 0.6) is 11.5 Å². The van der Waals surface area contributed by atoms with Gasteiger partial charge in [-0.15, -0.1) is 11.3 Å². The molecule has 1 aliphatic rings. The first-order valence-corrected chi connectivity index (χ1v) is 12.6. The van der Waals surface area contributed by atoms with Crippen LogP contribution in [0.4, 0.5) is 11.4 Å². The number of thiocarbonyl (C=S) groups is 1. The van der Waals surface area contributed by atoms with Gasteiger partial charge in [-0.25, -0.2) is 0 Å². The molecule has 0 spiro atoms. The largest absolute Gasteiger partial charge is 0.497 e. The second kappa shape index (κ2) is 11.3. The van der Waals surface area contributed by atoms with Crippen molar-refractivity contribution in [3.63, 3.8) is 0 Å². The topological polar surface area (TPSA) is 71.1 Å². The standard InChI is InChI=1S/C26H27N3O4S2/c1-3-33-21-10-6-18(7-11-21)27-24(30)17-23-25(31)29(19-8-12-20(32-2)13-9-19)26(34)28(23)15-14-22-5-4-16-35-22/h4-13,16,23H,3,14-15,17H2,1-2H3,(H,27,30)/t23-/m1/s1. The van der Waals surface area contributed by atoms with Gasteiger partial charge in [-0.2, -0.15) is 0 Å². The molecule has 0 radical (unpaired) electrons.